The molecule has 1 aliphatic carbocycles. The van der Waals surface area contributed by atoms with E-state index in [0.717, 1.165) is 30.3 Å². The summed E-state index contributed by atoms with van der Waals surface area (Å²) in [6.45, 7) is 0. The highest BCUT2D eigenvalue weighted by molar-refractivity contribution is 7.89. The number of nitrogens with zero attached hydrogens (tertiary/aromatic N) is 2. The molecule has 2 aromatic rings. The highest BCUT2D eigenvalue weighted by Gasteiger charge is 2.23. The van der Waals surface area contributed by atoms with E-state index in [-0.39, 0.29) is 16.3 Å². The van der Waals surface area contributed by atoms with Crippen molar-refractivity contribution in [2.45, 2.75) is 36.6 Å². The summed E-state index contributed by atoms with van der Waals surface area (Å²) in [7, 11) is -0.746. The fourth-order valence-corrected chi connectivity index (χ4v) is 4.40. The van der Waals surface area contributed by atoms with Crippen molar-refractivity contribution in [3.63, 3.8) is 0 Å². The minimum Gasteiger partial charge on any atom is -0.296 e. The summed E-state index contributed by atoms with van der Waals surface area (Å²) in [4.78, 5) is 24.2. The molecule has 3 rings (SSSR count). The number of fused-ring (bicyclic) bond motifs is 1. The molecule has 0 atom stereocenters. The van der Waals surface area contributed by atoms with E-state index in [9.17, 15) is 18.0 Å². The van der Waals surface area contributed by atoms with Gasteiger partial charge in [-0.05, 0) is 31.0 Å². The Balaban J connectivity index is 2.13. The summed E-state index contributed by atoms with van der Waals surface area (Å²) >= 11 is 0. The average molecular weight is 337 g/mol. The van der Waals surface area contributed by atoms with Gasteiger partial charge in [-0.15, -0.1) is 0 Å². The van der Waals surface area contributed by atoms with Crippen molar-refractivity contribution in [2.24, 2.45) is 14.1 Å². The second-order valence-corrected chi connectivity index (χ2v) is 7.70. The van der Waals surface area contributed by atoms with Gasteiger partial charge in [-0.25, -0.2) is 17.9 Å². The van der Waals surface area contributed by atoms with Gasteiger partial charge in [-0.1, -0.05) is 12.8 Å². The summed E-state index contributed by atoms with van der Waals surface area (Å²) in [5.74, 6) is 0. The highest BCUT2D eigenvalue weighted by Crippen LogP contribution is 2.21. The van der Waals surface area contributed by atoms with Crippen LogP contribution < -0.4 is 16.0 Å². The van der Waals surface area contributed by atoms with E-state index in [1.807, 2.05) is 0 Å². The standard InChI is InChI=1S/C15H19N3O4S/c1-17-13-8-7-11(9-12(13)14(19)18(2)15(17)20)23(21,22)16-10-5-3-4-6-10/h7-10,16H,3-6H2,1-2H3. The van der Waals surface area contributed by atoms with Crippen LogP contribution in [0.2, 0.25) is 0 Å². The molecule has 1 aliphatic rings. The van der Waals surface area contributed by atoms with E-state index in [2.05, 4.69) is 4.72 Å². The van der Waals surface area contributed by atoms with Crippen LogP contribution >= 0.6 is 0 Å². The van der Waals surface area contributed by atoms with Crippen molar-refractivity contribution in [3.05, 3.63) is 39.0 Å². The zero-order valence-corrected chi connectivity index (χ0v) is 13.9. The van der Waals surface area contributed by atoms with Crippen molar-refractivity contribution in [1.82, 2.24) is 13.9 Å². The highest BCUT2D eigenvalue weighted by atomic mass is 32.2. The van der Waals surface area contributed by atoms with E-state index >= 15 is 0 Å². The van der Waals surface area contributed by atoms with E-state index in [1.165, 1.54) is 29.8 Å². The number of aryl methyl sites for hydroxylation is 1. The van der Waals surface area contributed by atoms with Crippen LogP contribution in [-0.4, -0.2) is 23.6 Å². The third-order valence-electron chi connectivity index (χ3n) is 4.43. The SMILES string of the molecule is Cn1c(=O)c2cc(S(=O)(=O)NC3CCCC3)ccc2n(C)c1=O. The molecule has 0 radical (unpaired) electrons. The lowest BCUT2D eigenvalue weighted by molar-refractivity contribution is 0.552. The summed E-state index contributed by atoms with van der Waals surface area (Å²) in [5.41, 5.74) is -0.527. The Morgan fingerprint density at radius 2 is 1.74 bits per heavy atom. The summed E-state index contributed by atoms with van der Waals surface area (Å²) in [6.07, 6.45) is 3.72. The first-order valence-electron chi connectivity index (χ1n) is 7.53. The third kappa shape index (κ3) is 2.72. The largest absolute Gasteiger partial charge is 0.330 e. The Kier molecular flexibility index (Phi) is 3.89. The van der Waals surface area contributed by atoms with Gasteiger partial charge in [-0.2, -0.15) is 0 Å². The van der Waals surface area contributed by atoms with Crippen LogP contribution in [0.15, 0.2) is 32.7 Å². The monoisotopic (exact) mass is 337 g/mol. The summed E-state index contributed by atoms with van der Waals surface area (Å²) < 4.78 is 30.0. The van der Waals surface area contributed by atoms with Crippen LogP contribution in [0.4, 0.5) is 0 Å². The van der Waals surface area contributed by atoms with Gasteiger partial charge in [0.1, 0.15) is 0 Å². The lowest BCUT2D eigenvalue weighted by atomic mass is 10.2. The van der Waals surface area contributed by atoms with Crippen LogP contribution in [0.5, 0.6) is 0 Å². The van der Waals surface area contributed by atoms with E-state index < -0.39 is 21.3 Å². The van der Waals surface area contributed by atoms with Gasteiger partial charge >= 0.3 is 5.69 Å². The molecular weight excluding hydrogens is 318 g/mol. The van der Waals surface area contributed by atoms with E-state index in [1.54, 1.807) is 7.05 Å². The normalized spacial score (nSPS) is 16.3. The molecule has 124 valence electrons. The molecule has 1 aromatic carbocycles. The van der Waals surface area contributed by atoms with Gasteiger partial charge in [0.2, 0.25) is 10.0 Å². The molecule has 7 nitrogen and oxygen atoms in total. The van der Waals surface area contributed by atoms with Crippen molar-refractivity contribution < 1.29 is 8.42 Å². The van der Waals surface area contributed by atoms with Gasteiger partial charge in [0.25, 0.3) is 5.56 Å². The topological polar surface area (TPSA) is 90.2 Å². The Labute approximate surface area is 133 Å². The molecule has 0 unspecified atom stereocenters. The maximum Gasteiger partial charge on any atom is 0.330 e. The lowest BCUT2D eigenvalue weighted by Gasteiger charge is -2.13. The number of hydrogen-bond acceptors (Lipinski definition) is 4. The first-order chi connectivity index (χ1) is 10.8. The molecule has 23 heavy (non-hydrogen) atoms. The van der Waals surface area contributed by atoms with Crippen LogP contribution in [0, 0.1) is 0 Å². The molecule has 1 fully saturated rings. The molecule has 0 bridgehead atoms. The number of benzene rings is 1. The maximum absolute atomic E-state index is 12.5. The number of aromatic nitrogens is 2. The second-order valence-electron chi connectivity index (χ2n) is 5.99. The first-order valence-corrected chi connectivity index (χ1v) is 9.02. The Hall–Kier alpha value is -1.93. The molecule has 1 heterocycles. The molecule has 0 aliphatic heterocycles. The lowest BCUT2D eigenvalue weighted by Crippen LogP contribution is -2.37. The molecular formula is C15H19N3O4S. The molecule has 0 amide bonds. The number of sulfonamides is 1. The van der Waals surface area contributed by atoms with Crippen LogP contribution in [-0.2, 0) is 24.1 Å². The molecule has 0 spiro atoms. The fraction of sp³-hybridized carbons (Fsp3) is 0.467. The molecule has 0 saturated heterocycles. The molecule has 1 saturated carbocycles. The zero-order valence-electron chi connectivity index (χ0n) is 13.1. The number of nitrogens with one attached hydrogen (secondary N) is 1. The Bertz CT molecular complexity index is 982. The van der Waals surface area contributed by atoms with Crippen molar-refractivity contribution in [1.29, 1.82) is 0 Å². The smallest absolute Gasteiger partial charge is 0.296 e. The average Bonchev–Trinajstić information content (AvgIpc) is 3.02. The van der Waals surface area contributed by atoms with E-state index in [0.29, 0.717) is 5.52 Å². The zero-order chi connectivity index (χ0) is 16.8. The quantitative estimate of drug-likeness (QED) is 0.881. The number of rotatable bonds is 3. The number of hydrogen-bond donors (Lipinski definition) is 1. The van der Waals surface area contributed by atoms with Crippen molar-refractivity contribution in [2.75, 3.05) is 0 Å². The fourth-order valence-electron chi connectivity index (χ4n) is 3.07. The summed E-state index contributed by atoms with van der Waals surface area (Å²) in [6, 6.07) is 4.23. The minimum atomic E-state index is -3.67. The molecule has 1 N–H and O–H groups in total. The Morgan fingerprint density at radius 1 is 1.09 bits per heavy atom. The molecule has 8 heteroatoms. The van der Waals surface area contributed by atoms with Crippen molar-refractivity contribution >= 4 is 20.9 Å². The Morgan fingerprint density at radius 3 is 2.39 bits per heavy atom. The van der Waals surface area contributed by atoms with E-state index in [4.69, 9.17) is 0 Å². The first kappa shape index (κ1) is 15.9. The third-order valence-corrected chi connectivity index (χ3v) is 5.94. The predicted octanol–water partition coefficient (Wildman–Crippen LogP) is 0.458. The maximum atomic E-state index is 12.5. The van der Waals surface area contributed by atoms with Gasteiger partial charge in [0, 0.05) is 20.1 Å². The second kappa shape index (κ2) is 5.61. The molecule has 1 aromatic heterocycles. The van der Waals surface area contributed by atoms with Gasteiger partial charge < -0.3 is 0 Å². The minimum absolute atomic E-state index is 0.0429. The van der Waals surface area contributed by atoms with Crippen molar-refractivity contribution in [3.8, 4) is 0 Å². The van der Waals surface area contributed by atoms with Crippen LogP contribution in [0.1, 0.15) is 25.7 Å². The van der Waals surface area contributed by atoms with Gasteiger partial charge in [0.05, 0.1) is 15.8 Å². The van der Waals surface area contributed by atoms with Gasteiger partial charge in [-0.3, -0.25) is 13.9 Å². The predicted molar refractivity (Wildman–Crippen MR) is 87.0 cm³/mol. The van der Waals surface area contributed by atoms with Crippen LogP contribution in [0.3, 0.4) is 0 Å². The van der Waals surface area contributed by atoms with Gasteiger partial charge in [0.15, 0.2) is 0 Å². The van der Waals surface area contributed by atoms with Crippen LogP contribution in [0.25, 0.3) is 10.9 Å². The summed E-state index contributed by atoms with van der Waals surface area (Å²) in [5, 5.41) is 0.212.